The number of carbonyl (C=O) groups is 4. The molecule has 0 aliphatic carbocycles. The molecule has 3 atom stereocenters. The van der Waals surface area contributed by atoms with Crippen molar-refractivity contribution in [2.45, 2.75) is 36.4 Å². The van der Waals surface area contributed by atoms with Crippen LogP contribution in [0.3, 0.4) is 0 Å². The normalized spacial score (nSPS) is 22.9. The SMILES string of the molecule is CO[C@@]1(NC(=O)CBr)C(=O)N2C(C(=O)OC(C)OC(C)=O)=C(CSc3nnnn3C)CS[C@@H]21. The number of carbonyl (C=O) groups excluding carboxylic acids is 4. The lowest BCUT2D eigenvalue weighted by atomic mass is 9.98. The highest BCUT2D eigenvalue weighted by molar-refractivity contribution is 9.09. The number of β-lactam (4-membered cyclic amide) rings is 1. The van der Waals surface area contributed by atoms with Gasteiger partial charge >= 0.3 is 11.9 Å². The van der Waals surface area contributed by atoms with Gasteiger partial charge in [-0.3, -0.25) is 19.3 Å². The molecule has 3 heterocycles. The molecule has 0 saturated carbocycles. The zero-order chi connectivity index (χ0) is 24.3. The fraction of sp³-hybridized carbons (Fsp3) is 0.588. The minimum Gasteiger partial charge on any atom is -0.426 e. The smallest absolute Gasteiger partial charge is 0.358 e. The number of nitrogens with zero attached hydrogens (tertiary/aromatic N) is 5. The third-order valence-corrected chi connectivity index (χ3v) is 7.61. The summed E-state index contributed by atoms with van der Waals surface area (Å²) in [6.07, 6.45) is -1.16. The summed E-state index contributed by atoms with van der Waals surface area (Å²) in [6.45, 7) is 2.58. The van der Waals surface area contributed by atoms with E-state index in [0.717, 1.165) is 0 Å². The number of rotatable bonds is 9. The molecule has 1 fully saturated rings. The number of tetrazole rings is 1. The van der Waals surface area contributed by atoms with Gasteiger partial charge in [0, 0.05) is 39.5 Å². The molecular weight excluding hydrogens is 544 g/mol. The van der Waals surface area contributed by atoms with Crippen molar-refractivity contribution in [2.24, 2.45) is 7.05 Å². The van der Waals surface area contributed by atoms with Crippen molar-refractivity contribution in [1.82, 2.24) is 30.4 Å². The summed E-state index contributed by atoms with van der Waals surface area (Å²) in [5.74, 6) is -1.90. The van der Waals surface area contributed by atoms with E-state index in [1.54, 1.807) is 7.05 Å². The molecule has 2 aliphatic heterocycles. The second-order valence-electron chi connectivity index (χ2n) is 6.87. The van der Waals surface area contributed by atoms with Crippen LogP contribution in [0.25, 0.3) is 0 Å². The number of esters is 2. The first-order valence-electron chi connectivity index (χ1n) is 9.47. The number of thioether (sulfide) groups is 2. The molecule has 180 valence electrons. The van der Waals surface area contributed by atoms with Crippen LogP contribution in [0.4, 0.5) is 0 Å². The fourth-order valence-corrected chi connectivity index (χ4v) is 5.81. The van der Waals surface area contributed by atoms with Gasteiger partial charge in [-0.25, -0.2) is 9.48 Å². The van der Waals surface area contributed by atoms with Gasteiger partial charge in [0.1, 0.15) is 11.1 Å². The predicted octanol–water partition coefficient (Wildman–Crippen LogP) is -0.222. The van der Waals surface area contributed by atoms with Crippen LogP contribution in [-0.4, -0.2) is 90.2 Å². The van der Waals surface area contributed by atoms with E-state index in [-0.39, 0.29) is 16.8 Å². The van der Waals surface area contributed by atoms with Crippen molar-refractivity contribution in [2.75, 3.05) is 23.9 Å². The Kier molecular flexibility index (Phi) is 8.02. The number of alkyl halides is 1. The molecule has 1 aromatic rings. The molecule has 1 unspecified atom stereocenters. The Morgan fingerprint density at radius 3 is 2.70 bits per heavy atom. The molecule has 0 spiro atoms. The first kappa shape index (κ1) is 25.5. The Morgan fingerprint density at radius 1 is 1.39 bits per heavy atom. The van der Waals surface area contributed by atoms with Crippen LogP contribution in [0.1, 0.15) is 13.8 Å². The van der Waals surface area contributed by atoms with Gasteiger partial charge in [-0.1, -0.05) is 27.7 Å². The van der Waals surface area contributed by atoms with Crippen LogP contribution in [0.2, 0.25) is 0 Å². The average molecular weight is 565 g/mol. The maximum absolute atomic E-state index is 13.2. The van der Waals surface area contributed by atoms with Gasteiger partial charge in [0.05, 0.1) is 5.33 Å². The van der Waals surface area contributed by atoms with E-state index < -0.39 is 41.1 Å². The van der Waals surface area contributed by atoms with Crippen molar-refractivity contribution >= 4 is 63.2 Å². The van der Waals surface area contributed by atoms with Crippen LogP contribution in [0.15, 0.2) is 16.4 Å². The van der Waals surface area contributed by atoms with Gasteiger partial charge in [0.25, 0.3) is 11.6 Å². The summed E-state index contributed by atoms with van der Waals surface area (Å²) in [5, 5.41) is 13.6. The Bertz CT molecular complexity index is 1000. The van der Waals surface area contributed by atoms with Crippen LogP contribution >= 0.6 is 39.5 Å². The lowest BCUT2D eigenvalue weighted by Gasteiger charge is -2.56. The number of aromatic nitrogens is 4. The molecule has 3 rings (SSSR count). The Morgan fingerprint density at radius 2 is 2.12 bits per heavy atom. The van der Waals surface area contributed by atoms with Crippen molar-refractivity contribution < 1.29 is 33.4 Å². The summed E-state index contributed by atoms with van der Waals surface area (Å²) in [4.78, 5) is 50.7. The molecule has 2 aliphatic rings. The molecule has 13 nitrogen and oxygen atoms in total. The average Bonchev–Trinajstić information content (AvgIpc) is 3.18. The zero-order valence-corrected chi connectivity index (χ0v) is 21.3. The van der Waals surface area contributed by atoms with Gasteiger partial charge in [0.15, 0.2) is 0 Å². The number of hydrogen-bond donors (Lipinski definition) is 1. The molecule has 0 radical (unpaired) electrons. The maximum Gasteiger partial charge on any atom is 0.358 e. The number of halogens is 1. The number of methoxy groups -OCH3 is 1. The molecular formula is C17H21BrN6O7S2. The molecule has 33 heavy (non-hydrogen) atoms. The monoisotopic (exact) mass is 564 g/mol. The summed E-state index contributed by atoms with van der Waals surface area (Å²) in [7, 11) is 2.98. The molecule has 16 heteroatoms. The van der Waals surface area contributed by atoms with Gasteiger partial charge in [-0.15, -0.1) is 16.9 Å². The molecule has 0 aromatic carbocycles. The zero-order valence-electron chi connectivity index (χ0n) is 18.1. The van der Waals surface area contributed by atoms with Crippen molar-refractivity contribution in [3.05, 3.63) is 11.3 Å². The lowest BCUT2D eigenvalue weighted by Crippen LogP contribution is -2.80. The van der Waals surface area contributed by atoms with E-state index in [2.05, 4.69) is 36.8 Å². The minimum atomic E-state index is -1.62. The van der Waals surface area contributed by atoms with Crippen LogP contribution < -0.4 is 5.32 Å². The van der Waals surface area contributed by atoms with E-state index >= 15 is 0 Å². The maximum atomic E-state index is 13.2. The number of hydrogen-bond acceptors (Lipinski definition) is 12. The number of aryl methyl sites for hydroxylation is 1. The van der Waals surface area contributed by atoms with Gasteiger partial charge in [0.2, 0.25) is 17.4 Å². The summed E-state index contributed by atoms with van der Waals surface area (Å²) in [6, 6.07) is 0. The van der Waals surface area contributed by atoms with Crippen molar-refractivity contribution in [3.63, 3.8) is 0 Å². The largest absolute Gasteiger partial charge is 0.426 e. The van der Waals surface area contributed by atoms with E-state index in [4.69, 9.17) is 14.2 Å². The second kappa shape index (κ2) is 10.4. The molecule has 0 bridgehead atoms. The minimum absolute atomic E-state index is 0.00569. The van der Waals surface area contributed by atoms with Gasteiger partial charge in [-0.05, 0) is 16.0 Å². The van der Waals surface area contributed by atoms with Gasteiger partial charge in [-0.2, -0.15) is 0 Å². The Balaban J connectivity index is 1.91. The Labute approximate surface area is 205 Å². The number of amides is 2. The van der Waals surface area contributed by atoms with Crippen LogP contribution in [-0.2, 0) is 40.4 Å². The standard InChI is InChI=1S/C17H21BrN6O7S2/c1-8(25)30-9(2)31-13(27)12-10(7-33-16-20-21-22-23(16)3)6-32-15-17(29-4,14(28)24(12)15)19-11(26)5-18/h9,15H,5-7H2,1-4H3,(H,19,26)/t9?,15-,17+/m1/s1. The quantitative estimate of drug-likeness (QED) is 0.138. The van der Waals surface area contributed by atoms with E-state index in [0.29, 0.717) is 16.5 Å². The van der Waals surface area contributed by atoms with E-state index in [9.17, 15) is 19.2 Å². The highest BCUT2D eigenvalue weighted by Gasteiger charge is 2.66. The molecule has 2 amide bonds. The molecule has 1 N–H and O–H groups in total. The predicted molar refractivity (Wildman–Crippen MR) is 119 cm³/mol. The third kappa shape index (κ3) is 5.02. The summed E-state index contributed by atoms with van der Waals surface area (Å²) < 4.78 is 17.0. The van der Waals surface area contributed by atoms with E-state index in [1.165, 1.54) is 54.1 Å². The summed E-state index contributed by atoms with van der Waals surface area (Å²) >= 11 is 5.65. The van der Waals surface area contributed by atoms with Gasteiger partial charge < -0.3 is 19.5 Å². The Hall–Kier alpha value is -2.17. The molecule has 1 saturated heterocycles. The first-order chi connectivity index (χ1) is 15.6. The van der Waals surface area contributed by atoms with E-state index in [1.807, 2.05) is 0 Å². The van der Waals surface area contributed by atoms with Crippen LogP contribution in [0, 0.1) is 0 Å². The van der Waals surface area contributed by atoms with Crippen molar-refractivity contribution in [1.29, 1.82) is 0 Å². The first-order valence-corrected chi connectivity index (χ1v) is 12.6. The second-order valence-corrected chi connectivity index (χ2v) is 9.44. The summed E-state index contributed by atoms with van der Waals surface area (Å²) in [5.41, 5.74) is -1.02. The topological polar surface area (TPSA) is 155 Å². The highest BCUT2D eigenvalue weighted by atomic mass is 79.9. The molecule has 1 aromatic heterocycles. The van der Waals surface area contributed by atoms with Crippen molar-refractivity contribution in [3.8, 4) is 0 Å². The highest BCUT2D eigenvalue weighted by Crippen LogP contribution is 2.47. The number of fused-ring (bicyclic) bond motifs is 1. The number of ether oxygens (including phenoxy) is 3. The number of nitrogens with one attached hydrogen (secondary N) is 1. The fourth-order valence-electron chi connectivity index (χ4n) is 3.24. The third-order valence-electron chi connectivity index (χ3n) is 4.63. The van der Waals surface area contributed by atoms with Crippen LogP contribution in [0.5, 0.6) is 0 Å². The lowest BCUT2D eigenvalue weighted by molar-refractivity contribution is -0.196.